The predicted octanol–water partition coefficient (Wildman–Crippen LogP) is 1.32. The molecule has 0 saturated heterocycles. The predicted molar refractivity (Wildman–Crippen MR) is 35.5 cm³/mol. The molecule has 2 nitrogen and oxygen atoms in total. The normalized spacial score (nSPS) is 23.0. The van der Waals surface area contributed by atoms with Crippen LogP contribution in [-0.2, 0) is 11.1 Å². The lowest BCUT2D eigenvalue weighted by molar-refractivity contribution is 0.538. The van der Waals surface area contributed by atoms with Crippen molar-refractivity contribution in [3.63, 3.8) is 0 Å². The van der Waals surface area contributed by atoms with Crippen LogP contribution in [0, 0.1) is 0 Å². The van der Waals surface area contributed by atoms with Gasteiger partial charge in [0.1, 0.15) is 0 Å². The number of rotatable bonds is 1. The fourth-order valence-electron chi connectivity index (χ4n) is 0.960. The van der Waals surface area contributed by atoms with E-state index in [-0.39, 0.29) is 0 Å². The van der Waals surface area contributed by atoms with Crippen molar-refractivity contribution in [3.05, 3.63) is 11.0 Å². The summed E-state index contributed by atoms with van der Waals surface area (Å²) in [6.07, 6.45) is 5.66. The van der Waals surface area contributed by atoms with E-state index >= 15 is 0 Å². The van der Waals surface area contributed by atoms with E-state index < -0.39 is 11.1 Å². The van der Waals surface area contributed by atoms with Gasteiger partial charge in [-0.05, 0) is 41.7 Å². The molecule has 0 aromatic rings. The highest BCUT2D eigenvalue weighted by atomic mass is 32.2. The largest absolute Gasteiger partial charge is 0.769 e. The third-order valence-electron chi connectivity index (χ3n) is 1.46. The van der Waals surface area contributed by atoms with Crippen LogP contribution in [0.25, 0.3) is 0 Å². The van der Waals surface area contributed by atoms with Crippen molar-refractivity contribution in [3.8, 4) is 0 Å². The summed E-state index contributed by atoms with van der Waals surface area (Å²) in [6.45, 7) is 0. The lowest BCUT2D eigenvalue weighted by Crippen LogP contribution is -1.97. The molecule has 0 N–H and O–H groups in total. The molecule has 3 heteroatoms. The van der Waals surface area contributed by atoms with Crippen molar-refractivity contribution in [1.82, 2.24) is 0 Å². The molecule has 1 aliphatic carbocycles. The zero-order valence-electron chi connectivity index (χ0n) is 5.13. The molecule has 0 aromatic carbocycles. The smallest absolute Gasteiger partial charge is 0.00159 e. The van der Waals surface area contributed by atoms with Gasteiger partial charge in [-0.2, -0.15) is 0 Å². The molecule has 0 bridgehead atoms. The Labute approximate surface area is 57.2 Å². The summed E-state index contributed by atoms with van der Waals surface area (Å²) in [4.78, 5) is 0.598. The van der Waals surface area contributed by atoms with Gasteiger partial charge in [0.15, 0.2) is 0 Å². The molecule has 0 saturated carbocycles. The van der Waals surface area contributed by atoms with Gasteiger partial charge in [0.2, 0.25) is 0 Å². The van der Waals surface area contributed by atoms with Crippen LogP contribution in [0.2, 0.25) is 0 Å². The molecule has 0 fully saturated rings. The van der Waals surface area contributed by atoms with Crippen molar-refractivity contribution >= 4 is 11.1 Å². The van der Waals surface area contributed by atoms with Gasteiger partial charge in [0, 0.05) is 0 Å². The maximum absolute atomic E-state index is 10.3. The summed E-state index contributed by atoms with van der Waals surface area (Å²) >= 11 is -1.94. The van der Waals surface area contributed by atoms with E-state index in [0.29, 0.717) is 4.91 Å². The molecule has 0 amide bonds. The zero-order chi connectivity index (χ0) is 6.69. The number of allylic oxidation sites excluding steroid dienone is 2. The molecule has 9 heavy (non-hydrogen) atoms. The highest BCUT2D eigenvalue weighted by Crippen LogP contribution is 2.18. The zero-order valence-corrected chi connectivity index (χ0v) is 5.95. The second kappa shape index (κ2) is 3.13. The molecule has 1 aliphatic rings. The Morgan fingerprint density at radius 2 is 2.33 bits per heavy atom. The van der Waals surface area contributed by atoms with Crippen molar-refractivity contribution in [2.45, 2.75) is 25.7 Å². The maximum atomic E-state index is 10.3. The van der Waals surface area contributed by atoms with Gasteiger partial charge in [0.05, 0.1) is 0 Å². The average Bonchev–Trinajstić information content (AvgIpc) is 1.90. The van der Waals surface area contributed by atoms with Gasteiger partial charge < -0.3 is 4.55 Å². The Morgan fingerprint density at radius 3 is 2.67 bits per heavy atom. The summed E-state index contributed by atoms with van der Waals surface area (Å²) in [5.41, 5.74) is 0. The molecule has 0 radical (unpaired) electrons. The Morgan fingerprint density at radius 1 is 1.56 bits per heavy atom. The summed E-state index contributed by atoms with van der Waals surface area (Å²) < 4.78 is 20.6. The molecule has 0 heterocycles. The SMILES string of the molecule is O=S([O-])C1=CCCCC1. The second-order valence-electron chi connectivity index (χ2n) is 2.15. The Bertz CT molecular complexity index is 151. The Balaban J connectivity index is 2.57. The van der Waals surface area contributed by atoms with Gasteiger partial charge in [-0.15, -0.1) is 0 Å². The van der Waals surface area contributed by atoms with E-state index in [2.05, 4.69) is 0 Å². The minimum Gasteiger partial charge on any atom is -0.769 e. The first kappa shape index (κ1) is 6.96. The van der Waals surface area contributed by atoms with Gasteiger partial charge >= 0.3 is 0 Å². The molecule has 1 atom stereocenters. The quantitative estimate of drug-likeness (QED) is 0.522. The van der Waals surface area contributed by atoms with Crippen LogP contribution in [0.3, 0.4) is 0 Å². The van der Waals surface area contributed by atoms with Crippen LogP contribution in [0.1, 0.15) is 25.7 Å². The fraction of sp³-hybridized carbons (Fsp3) is 0.667. The minimum absolute atomic E-state index is 0.598. The number of hydrogen-bond acceptors (Lipinski definition) is 2. The average molecular weight is 145 g/mol. The van der Waals surface area contributed by atoms with E-state index in [1.807, 2.05) is 6.08 Å². The summed E-state index contributed by atoms with van der Waals surface area (Å²) in [6, 6.07) is 0. The van der Waals surface area contributed by atoms with Crippen molar-refractivity contribution in [2.24, 2.45) is 0 Å². The molecule has 1 unspecified atom stereocenters. The summed E-state index contributed by atoms with van der Waals surface area (Å²) in [5, 5.41) is 0. The van der Waals surface area contributed by atoms with Crippen LogP contribution < -0.4 is 0 Å². The van der Waals surface area contributed by atoms with E-state index in [0.717, 1.165) is 25.7 Å². The van der Waals surface area contributed by atoms with Gasteiger partial charge in [0.25, 0.3) is 0 Å². The summed E-state index contributed by atoms with van der Waals surface area (Å²) in [5.74, 6) is 0. The lowest BCUT2D eigenvalue weighted by Gasteiger charge is -2.13. The first-order valence-corrected chi connectivity index (χ1v) is 4.16. The highest BCUT2D eigenvalue weighted by Gasteiger charge is 2.01. The standard InChI is InChI=1S/C6H10O2S/c7-9(8)6-4-2-1-3-5-6/h4H,1-3,5H2,(H,7,8)/p-1. The Hall–Kier alpha value is -0.150. The molecule has 0 aliphatic heterocycles. The van der Waals surface area contributed by atoms with E-state index in [1.54, 1.807) is 0 Å². The van der Waals surface area contributed by atoms with Crippen LogP contribution in [0.15, 0.2) is 11.0 Å². The summed E-state index contributed by atoms with van der Waals surface area (Å²) in [7, 11) is 0. The molecule has 52 valence electrons. The fourth-order valence-corrected chi connectivity index (χ4v) is 1.52. The first-order valence-electron chi connectivity index (χ1n) is 3.09. The van der Waals surface area contributed by atoms with Crippen molar-refractivity contribution in [2.75, 3.05) is 0 Å². The lowest BCUT2D eigenvalue weighted by atomic mass is 10.1. The van der Waals surface area contributed by atoms with E-state index in [4.69, 9.17) is 0 Å². The van der Waals surface area contributed by atoms with Gasteiger partial charge in [-0.1, -0.05) is 6.08 Å². The minimum atomic E-state index is -1.94. The third kappa shape index (κ3) is 1.91. The van der Waals surface area contributed by atoms with Crippen LogP contribution in [0.4, 0.5) is 0 Å². The van der Waals surface area contributed by atoms with Crippen molar-refractivity contribution < 1.29 is 8.76 Å². The van der Waals surface area contributed by atoms with Crippen molar-refractivity contribution in [1.29, 1.82) is 0 Å². The van der Waals surface area contributed by atoms with Gasteiger partial charge in [-0.3, -0.25) is 4.21 Å². The maximum Gasteiger partial charge on any atom is -0.00159 e. The highest BCUT2D eigenvalue weighted by molar-refractivity contribution is 7.83. The monoisotopic (exact) mass is 145 g/mol. The second-order valence-corrected chi connectivity index (χ2v) is 3.14. The molecule has 0 spiro atoms. The van der Waals surface area contributed by atoms with Crippen LogP contribution in [-0.4, -0.2) is 8.76 Å². The number of hydrogen-bond donors (Lipinski definition) is 0. The van der Waals surface area contributed by atoms with E-state index in [9.17, 15) is 8.76 Å². The van der Waals surface area contributed by atoms with Crippen LogP contribution in [0.5, 0.6) is 0 Å². The third-order valence-corrected chi connectivity index (χ3v) is 2.26. The Kier molecular flexibility index (Phi) is 2.42. The van der Waals surface area contributed by atoms with Gasteiger partial charge in [-0.25, -0.2) is 0 Å². The van der Waals surface area contributed by atoms with E-state index in [1.165, 1.54) is 0 Å². The molecular formula is C6H9O2S-. The molecule has 0 aromatic heterocycles. The molecular weight excluding hydrogens is 136 g/mol. The topological polar surface area (TPSA) is 40.1 Å². The first-order chi connectivity index (χ1) is 4.30. The van der Waals surface area contributed by atoms with Crippen LogP contribution >= 0.6 is 0 Å². The molecule has 1 rings (SSSR count).